The van der Waals surface area contributed by atoms with Crippen LogP contribution in [-0.4, -0.2) is 0 Å². The van der Waals surface area contributed by atoms with E-state index < -0.39 is 8.25 Å². The Morgan fingerprint density at radius 1 is 1.00 bits per heavy atom. The summed E-state index contributed by atoms with van der Waals surface area (Å²) in [5.74, 6) is 0.818. The van der Waals surface area contributed by atoms with Crippen molar-refractivity contribution in [2.24, 2.45) is 0 Å². The van der Waals surface area contributed by atoms with E-state index in [1.54, 1.807) is 55.5 Å². The Kier molecular flexibility index (Phi) is 9.96. The van der Waals surface area contributed by atoms with Gasteiger partial charge in [-0.15, -0.1) is 0 Å². The maximum Gasteiger partial charge on any atom is 0.418 e. The number of hydrogen-bond acceptors (Lipinski definition) is 3. The molecule has 0 aliphatic carbocycles. The van der Waals surface area contributed by atoms with Gasteiger partial charge in [0.25, 0.3) is 0 Å². The average Bonchev–Trinajstić information content (AvgIpc) is 2.42. The first-order chi connectivity index (χ1) is 9.17. The van der Waals surface area contributed by atoms with Crippen LogP contribution in [0.1, 0.15) is 6.92 Å². The second kappa shape index (κ2) is 11.1. The number of hydrogen-bond donors (Lipinski definition) is 0. The summed E-state index contributed by atoms with van der Waals surface area (Å²) in [5.41, 5.74) is 0. The first kappa shape index (κ1) is 17.0. The van der Waals surface area contributed by atoms with Crippen molar-refractivity contribution < 1.29 is 13.6 Å². The molecule has 0 saturated carbocycles. The highest BCUT2D eigenvalue weighted by Gasteiger charge is 2.03. The molecule has 0 aromatic carbocycles. The second-order valence-electron chi connectivity index (χ2n) is 3.13. The zero-order valence-corrected chi connectivity index (χ0v) is 12.0. The summed E-state index contributed by atoms with van der Waals surface area (Å²) in [6.07, 6.45) is 14.7. The molecule has 0 aliphatic heterocycles. The van der Waals surface area contributed by atoms with E-state index in [-0.39, 0.29) is 0 Å². The molecule has 0 spiro atoms. The Balaban J connectivity index is 4.58. The van der Waals surface area contributed by atoms with E-state index in [0.717, 1.165) is 0 Å². The minimum Gasteiger partial charge on any atom is -0.418 e. The molecule has 0 fully saturated rings. The van der Waals surface area contributed by atoms with Crippen LogP contribution in [0.15, 0.2) is 85.9 Å². The van der Waals surface area contributed by atoms with Gasteiger partial charge in [-0.3, -0.25) is 0 Å². The van der Waals surface area contributed by atoms with Gasteiger partial charge in [-0.2, -0.15) is 0 Å². The van der Waals surface area contributed by atoms with Crippen molar-refractivity contribution in [1.29, 1.82) is 0 Å². The highest BCUT2D eigenvalue weighted by atomic mass is 31.1. The Morgan fingerprint density at radius 2 is 1.63 bits per heavy atom. The van der Waals surface area contributed by atoms with Crippen LogP contribution in [0.5, 0.6) is 0 Å². The van der Waals surface area contributed by atoms with Gasteiger partial charge in [-0.05, 0) is 31.2 Å². The van der Waals surface area contributed by atoms with Gasteiger partial charge in [0, 0.05) is 0 Å². The van der Waals surface area contributed by atoms with Gasteiger partial charge in [0.2, 0.25) is 0 Å². The summed E-state index contributed by atoms with van der Waals surface area (Å²) in [5, 5.41) is 0. The summed E-state index contributed by atoms with van der Waals surface area (Å²) >= 11 is 0. The highest BCUT2D eigenvalue weighted by Crippen LogP contribution is 2.31. The molecule has 3 nitrogen and oxygen atoms in total. The summed E-state index contributed by atoms with van der Waals surface area (Å²) < 4.78 is 22.0. The normalized spacial score (nSPS) is 14.4. The van der Waals surface area contributed by atoms with Crippen molar-refractivity contribution in [3.8, 4) is 0 Å². The van der Waals surface area contributed by atoms with Gasteiger partial charge in [0.15, 0.2) is 0 Å². The monoisotopic (exact) mass is 278 g/mol. The van der Waals surface area contributed by atoms with Crippen LogP contribution in [0.25, 0.3) is 0 Å². The molecule has 0 saturated heterocycles. The first-order valence-corrected chi connectivity index (χ1v) is 6.87. The SMILES string of the molecule is C=C/C=C\C=C(/C=C)O[PH](=O)OC(/C=C\C=C)=C/C. The molecule has 0 amide bonds. The lowest BCUT2D eigenvalue weighted by Crippen LogP contribution is -1.84. The predicted molar refractivity (Wildman–Crippen MR) is 81.9 cm³/mol. The molecule has 0 radical (unpaired) electrons. The van der Waals surface area contributed by atoms with E-state index in [0.29, 0.717) is 11.5 Å². The van der Waals surface area contributed by atoms with Crippen LogP contribution in [0, 0.1) is 0 Å². The van der Waals surface area contributed by atoms with E-state index in [1.165, 1.54) is 6.08 Å². The Morgan fingerprint density at radius 3 is 2.16 bits per heavy atom. The third-order valence-corrected chi connectivity index (χ3v) is 2.60. The summed E-state index contributed by atoms with van der Waals surface area (Å²) in [7, 11) is -2.68. The fraction of sp³-hybridized carbons (Fsp3) is 0.0667. The average molecular weight is 278 g/mol. The quantitative estimate of drug-likeness (QED) is 0.343. The topological polar surface area (TPSA) is 35.5 Å². The van der Waals surface area contributed by atoms with Gasteiger partial charge in [0.05, 0.1) is 0 Å². The molecule has 0 bridgehead atoms. The van der Waals surface area contributed by atoms with Gasteiger partial charge in [-0.25, -0.2) is 4.57 Å². The molecule has 4 heteroatoms. The largest absolute Gasteiger partial charge is 0.418 e. The van der Waals surface area contributed by atoms with Crippen molar-refractivity contribution in [3.63, 3.8) is 0 Å². The van der Waals surface area contributed by atoms with Gasteiger partial charge < -0.3 is 9.05 Å². The van der Waals surface area contributed by atoms with Gasteiger partial charge in [-0.1, -0.05) is 50.1 Å². The lowest BCUT2D eigenvalue weighted by atomic mass is 10.4. The zero-order valence-electron chi connectivity index (χ0n) is 11.0. The van der Waals surface area contributed by atoms with Gasteiger partial charge in [0.1, 0.15) is 11.5 Å². The van der Waals surface area contributed by atoms with Crippen molar-refractivity contribution in [2.45, 2.75) is 6.92 Å². The molecule has 0 heterocycles. The Hall–Kier alpha value is -1.99. The highest BCUT2D eigenvalue weighted by molar-refractivity contribution is 7.33. The maximum absolute atomic E-state index is 11.7. The van der Waals surface area contributed by atoms with Crippen molar-refractivity contribution in [3.05, 3.63) is 85.9 Å². The van der Waals surface area contributed by atoms with Crippen LogP contribution < -0.4 is 0 Å². The third-order valence-electron chi connectivity index (χ3n) is 1.79. The van der Waals surface area contributed by atoms with Crippen LogP contribution in [0.2, 0.25) is 0 Å². The van der Waals surface area contributed by atoms with Crippen LogP contribution in [-0.2, 0) is 13.6 Å². The summed E-state index contributed by atoms with van der Waals surface area (Å²) in [6, 6.07) is 0. The molecule has 102 valence electrons. The minimum absolute atomic E-state index is 0.366. The smallest absolute Gasteiger partial charge is 0.418 e. The standard InChI is InChI=1S/C15H19O3P/c1-5-9-11-13-15(8-4)18-19(16)17-14(7-3)12-10-6-2/h5-13,19H,1-2,4H2,3H3/b11-9-,12-10-,14-7+,15-13+. The molecule has 0 N–H and O–H groups in total. The summed E-state index contributed by atoms with van der Waals surface area (Å²) in [6.45, 7) is 12.4. The molecule has 19 heavy (non-hydrogen) atoms. The van der Waals surface area contributed by atoms with Gasteiger partial charge >= 0.3 is 8.25 Å². The second-order valence-corrected chi connectivity index (χ2v) is 4.04. The van der Waals surface area contributed by atoms with Crippen molar-refractivity contribution in [1.82, 2.24) is 0 Å². The molecule has 1 atom stereocenters. The van der Waals surface area contributed by atoms with E-state index in [1.807, 2.05) is 0 Å². The fourth-order valence-corrected chi connectivity index (χ4v) is 1.70. The minimum atomic E-state index is -2.68. The zero-order chi connectivity index (χ0) is 14.5. The van der Waals surface area contributed by atoms with E-state index >= 15 is 0 Å². The lowest BCUT2D eigenvalue weighted by Gasteiger charge is -2.08. The van der Waals surface area contributed by atoms with E-state index in [9.17, 15) is 4.57 Å². The van der Waals surface area contributed by atoms with E-state index in [2.05, 4.69) is 19.7 Å². The van der Waals surface area contributed by atoms with E-state index in [4.69, 9.17) is 9.05 Å². The molecule has 1 unspecified atom stereocenters. The lowest BCUT2D eigenvalue weighted by molar-refractivity contribution is 0.328. The molecule has 0 aromatic heterocycles. The number of rotatable bonds is 9. The Labute approximate surface area is 115 Å². The molecular weight excluding hydrogens is 259 g/mol. The predicted octanol–water partition coefficient (Wildman–Crippen LogP) is 4.87. The molecule has 0 rings (SSSR count). The van der Waals surface area contributed by atoms with Crippen LogP contribution >= 0.6 is 8.25 Å². The maximum atomic E-state index is 11.7. The van der Waals surface area contributed by atoms with Crippen molar-refractivity contribution >= 4 is 8.25 Å². The molecular formula is C15H19O3P. The van der Waals surface area contributed by atoms with Crippen LogP contribution in [0.3, 0.4) is 0 Å². The Bertz CT molecular complexity index is 454. The number of allylic oxidation sites excluding steroid dienone is 9. The fourth-order valence-electron chi connectivity index (χ4n) is 0.938. The summed E-state index contributed by atoms with van der Waals surface area (Å²) in [4.78, 5) is 0. The molecule has 0 aliphatic rings. The first-order valence-electron chi connectivity index (χ1n) is 5.64. The third kappa shape index (κ3) is 8.70. The van der Waals surface area contributed by atoms with Crippen LogP contribution in [0.4, 0.5) is 0 Å². The van der Waals surface area contributed by atoms with Crippen molar-refractivity contribution in [2.75, 3.05) is 0 Å². The molecule has 0 aromatic rings.